The first-order valence-corrected chi connectivity index (χ1v) is 9.68. The Kier molecular flexibility index (Phi) is 4.92. The number of hydrogen-bond acceptors (Lipinski definition) is 4. The number of benzene rings is 2. The number of nitrogens with zero attached hydrogens (tertiary/aromatic N) is 1. The molecule has 0 saturated carbocycles. The SMILES string of the molecule is CC(C(=O)N1CC(=O)Nc2cc(C(F)(F)F)ccc21)S(=O)(=O)c1ccccc1. The normalized spacial score (nSPS) is 15.6. The number of rotatable bonds is 3. The van der Waals surface area contributed by atoms with Gasteiger partial charge in [0.2, 0.25) is 11.8 Å². The maximum absolute atomic E-state index is 12.9. The first-order chi connectivity index (χ1) is 13.0. The first-order valence-electron chi connectivity index (χ1n) is 8.13. The molecule has 2 aromatic rings. The highest BCUT2D eigenvalue weighted by Gasteiger charge is 2.38. The Morgan fingerprint density at radius 1 is 1.14 bits per heavy atom. The average Bonchev–Trinajstić information content (AvgIpc) is 2.65. The van der Waals surface area contributed by atoms with Gasteiger partial charge < -0.3 is 5.32 Å². The van der Waals surface area contributed by atoms with Gasteiger partial charge in [0, 0.05) is 0 Å². The zero-order valence-electron chi connectivity index (χ0n) is 14.5. The second kappa shape index (κ2) is 6.93. The number of hydrogen-bond donors (Lipinski definition) is 1. The summed E-state index contributed by atoms with van der Waals surface area (Å²) in [7, 11) is -4.04. The van der Waals surface area contributed by atoms with Crippen LogP contribution in [0, 0.1) is 0 Å². The lowest BCUT2D eigenvalue weighted by molar-refractivity contribution is -0.137. The second-order valence-corrected chi connectivity index (χ2v) is 8.47. The molecule has 1 N–H and O–H groups in total. The molecule has 1 aliphatic heterocycles. The van der Waals surface area contributed by atoms with Crippen molar-refractivity contribution in [1.29, 1.82) is 0 Å². The highest BCUT2D eigenvalue weighted by Crippen LogP contribution is 2.37. The molecule has 0 radical (unpaired) electrons. The summed E-state index contributed by atoms with van der Waals surface area (Å²) in [6.45, 7) is 0.687. The molecule has 6 nitrogen and oxygen atoms in total. The summed E-state index contributed by atoms with van der Waals surface area (Å²) < 4.78 is 64.1. The van der Waals surface area contributed by atoms with Crippen molar-refractivity contribution in [2.24, 2.45) is 0 Å². The van der Waals surface area contributed by atoms with Crippen molar-refractivity contribution in [2.45, 2.75) is 23.2 Å². The first kappa shape index (κ1) is 19.9. The van der Waals surface area contributed by atoms with Crippen molar-refractivity contribution in [3.8, 4) is 0 Å². The quantitative estimate of drug-likeness (QED) is 0.840. The van der Waals surface area contributed by atoms with Gasteiger partial charge in [-0.2, -0.15) is 13.2 Å². The van der Waals surface area contributed by atoms with Gasteiger partial charge in [-0.05, 0) is 37.3 Å². The second-order valence-electron chi connectivity index (χ2n) is 6.20. The summed E-state index contributed by atoms with van der Waals surface area (Å²) in [5.41, 5.74) is -1.19. The van der Waals surface area contributed by atoms with E-state index in [0.717, 1.165) is 17.0 Å². The minimum absolute atomic E-state index is 0.00714. The van der Waals surface area contributed by atoms with Crippen molar-refractivity contribution < 1.29 is 31.2 Å². The molecule has 2 amide bonds. The van der Waals surface area contributed by atoms with Crippen LogP contribution in [0.25, 0.3) is 0 Å². The molecule has 0 fully saturated rings. The van der Waals surface area contributed by atoms with Crippen LogP contribution >= 0.6 is 0 Å². The Balaban J connectivity index is 1.98. The van der Waals surface area contributed by atoms with Crippen LogP contribution < -0.4 is 10.2 Å². The zero-order valence-corrected chi connectivity index (χ0v) is 15.3. The average molecular weight is 412 g/mol. The molecule has 0 aliphatic carbocycles. The number of amides is 2. The molecule has 0 spiro atoms. The van der Waals surface area contributed by atoms with E-state index in [-0.39, 0.29) is 16.3 Å². The molecule has 1 aliphatic rings. The van der Waals surface area contributed by atoms with Crippen molar-refractivity contribution in [3.63, 3.8) is 0 Å². The Hall–Kier alpha value is -2.88. The summed E-state index contributed by atoms with van der Waals surface area (Å²) in [5, 5.41) is 0.753. The van der Waals surface area contributed by atoms with E-state index < -0.39 is 45.2 Å². The number of carbonyl (C=O) groups is 2. The Bertz CT molecular complexity index is 1040. The van der Waals surface area contributed by atoms with Crippen LogP contribution in [-0.2, 0) is 25.6 Å². The lowest BCUT2D eigenvalue weighted by Gasteiger charge is -2.31. The van der Waals surface area contributed by atoms with E-state index in [0.29, 0.717) is 6.07 Å². The molecule has 0 saturated heterocycles. The third-order valence-electron chi connectivity index (χ3n) is 4.34. The van der Waals surface area contributed by atoms with Crippen LogP contribution in [0.3, 0.4) is 0 Å². The highest BCUT2D eigenvalue weighted by molar-refractivity contribution is 7.92. The molecule has 148 valence electrons. The summed E-state index contributed by atoms with van der Waals surface area (Å²) in [5.74, 6) is -1.62. The predicted molar refractivity (Wildman–Crippen MR) is 95.5 cm³/mol. The van der Waals surface area contributed by atoms with Crippen LogP contribution in [0.4, 0.5) is 24.5 Å². The van der Waals surface area contributed by atoms with E-state index >= 15 is 0 Å². The standard InChI is InChI=1S/C18H15F3N2O4S/c1-11(28(26,27)13-5-3-2-4-6-13)17(25)23-10-16(24)22-14-9-12(18(19,20)21)7-8-15(14)23/h2-9,11H,10H2,1H3,(H,22,24). The zero-order chi connectivity index (χ0) is 20.7. The fourth-order valence-electron chi connectivity index (χ4n) is 2.83. The van der Waals surface area contributed by atoms with E-state index in [1.54, 1.807) is 6.07 Å². The fourth-order valence-corrected chi connectivity index (χ4v) is 4.17. The van der Waals surface area contributed by atoms with E-state index in [1.807, 2.05) is 0 Å². The number of carbonyl (C=O) groups excluding carboxylic acids is 2. The minimum atomic E-state index is -4.63. The van der Waals surface area contributed by atoms with Gasteiger partial charge in [0.1, 0.15) is 11.8 Å². The maximum Gasteiger partial charge on any atom is 0.416 e. The molecular formula is C18H15F3N2O4S. The molecule has 2 aromatic carbocycles. The Labute approximate surface area is 158 Å². The monoisotopic (exact) mass is 412 g/mol. The summed E-state index contributed by atoms with van der Waals surface area (Å²) in [6.07, 6.45) is -4.63. The number of sulfone groups is 1. The summed E-state index contributed by atoms with van der Waals surface area (Å²) >= 11 is 0. The summed E-state index contributed by atoms with van der Waals surface area (Å²) in [4.78, 5) is 25.6. The Morgan fingerprint density at radius 3 is 2.39 bits per heavy atom. The van der Waals surface area contributed by atoms with Gasteiger partial charge in [-0.25, -0.2) is 8.42 Å². The molecule has 1 atom stereocenters. The van der Waals surface area contributed by atoms with Gasteiger partial charge in [0.25, 0.3) is 0 Å². The number of halogens is 3. The fraction of sp³-hybridized carbons (Fsp3) is 0.222. The van der Waals surface area contributed by atoms with Crippen LogP contribution in [-0.4, -0.2) is 32.0 Å². The van der Waals surface area contributed by atoms with Crippen molar-refractivity contribution in [3.05, 3.63) is 54.1 Å². The molecular weight excluding hydrogens is 397 g/mol. The molecule has 0 aromatic heterocycles. The van der Waals surface area contributed by atoms with Gasteiger partial charge >= 0.3 is 6.18 Å². The summed E-state index contributed by atoms with van der Waals surface area (Å²) in [6, 6.07) is 9.83. The largest absolute Gasteiger partial charge is 0.416 e. The molecule has 28 heavy (non-hydrogen) atoms. The van der Waals surface area contributed by atoms with Gasteiger partial charge in [-0.3, -0.25) is 14.5 Å². The van der Waals surface area contributed by atoms with Gasteiger partial charge in [0.15, 0.2) is 9.84 Å². The molecule has 3 rings (SSSR count). The number of nitrogens with one attached hydrogen (secondary N) is 1. The maximum atomic E-state index is 12.9. The van der Waals surface area contributed by atoms with Crippen LogP contribution in [0.15, 0.2) is 53.4 Å². The third-order valence-corrected chi connectivity index (χ3v) is 6.40. The Morgan fingerprint density at radius 2 is 1.79 bits per heavy atom. The van der Waals surface area contributed by atoms with E-state index in [2.05, 4.69) is 5.32 Å². The lowest BCUT2D eigenvalue weighted by Crippen LogP contribution is -2.48. The van der Waals surface area contributed by atoms with Gasteiger partial charge in [-0.1, -0.05) is 18.2 Å². The number of fused-ring (bicyclic) bond motifs is 1. The number of alkyl halides is 3. The molecule has 1 heterocycles. The third kappa shape index (κ3) is 3.59. The molecule has 10 heteroatoms. The predicted octanol–water partition coefficient (Wildman–Crippen LogP) is 2.85. The van der Waals surface area contributed by atoms with Gasteiger partial charge in [0.05, 0.1) is 21.8 Å². The van der Waals surface area contributed by atoms with E-state index in [4.69, 9.17) is 0 Å². The van der Waals surface area contributed by atoms with E-state index in [1.165, 1.54) is 31.2 Å². The molecule has 0 bridgehead atoms. The minimum Gasteiger partial charge on any atom is -0.323 e. The smallest absolute Gasteiger partial charge is 0.323 e. The van der Waals surface area contributed by atoms with Gasteiger partial charge in [-0.15, -0.1) is 0 Å². The topological polar surface area (TPSA) is 83.6 Å². The molecule has 1 unspecified atom stereocenters. The van der Waals surface area contributed by atoms with Crippen molar-refractivity contribution in [1.82, 2.24) is 0 Å². The highest BCUT2D eigenvalue weighted by atomic mass is 32.2. The van der Waals surface area contributed by atoms with Crippen molar-refractivity contribution in [2.75, 3.05) is 16.8 Å². The van der Waals surface area contributed by atoms with Crippen molar-refractivity contribution >= 4 is 33.0 Å². The lowest BCUT2D eigenvalue weighted by atomic mass is 10.1. The van der Waals surface area contributed by atoms with Crippen LogP contribution in [0.1, 0.15) is 12.5 Å². The van der Waals surface area contributed by atoms with Crippen LogP contribution in [0.5, 0.6) is 0 Å². The van der Waals surface area contributed by atoms with E-state index in [9.17, 15) is 31.2 Å². The van der Waals surface area contributed by atoms with Crippen LogP contribution in [0.2, 0.25) is 0 Å². The number of anilines is 2.